The number of hydrogen-bond donors (Lipinski definition) is 1. The summed E-state index contributed by atoms with van der Waals surface area (Å²) in [7, 11) is 1.45. The molecule has 2 aromatic rings. The van der Waals surface area contributed by atoms with Crippen molar-refractivity contribution in [3.05, 3.63) is 58.6 Å². The number of rotatable bonds is 5. The summed E-state index contributed by atoms with van der Waals surface area (Å²) in [5, 5.41) is 12.0. The highest BCUT2D eigenvalue weighted by Crippen LogP contribution is 2.27. The number of carbonyl (C=O) groups excluding carboxylic acids is 1. The van der Waals surface area contributed by atoms with E-state index in [2.05, 4.69) is 10.1 Å². The van der Waals surface area contributed by atoms with E-state index < -0.39 is 18.0 Å². The number of amides is 1. The molecule has 27 heavy (non-hydrogen) atoms. The summed E-state index contributed by atoms with van der Waals surface area (Å²) in [5.41, 5.74) is 0.455. The van der Waals surface area contributed by atoms with Gasteiger partial charge in [0, 0.05) is 5.69 Å². The van der Waals surface area contributed by atoms with Crippen LogP contribution in [0.25, 0.3) is 6.08 Å². The molecule has 0 unspecified atom stereocenters. The lowest BCUT2D eigenvalue weighted by atomic mass is 10.1. The normalized spacial score (nSPS) is 11.5. The molecule has 0 aliphatic carbocycles. The first kappa shape index (κ1) is 20.1. The van der Waals surface area contributed by atoms with Gasteiger partial charge in [-0.1, -0.05) is 23.7 Å². The summed E-state index contributed by atoms with van der Waals surface area (Å²) in [6.45, 7) is 0. The fourth-order valence-electron chi connectivity index (χ4n) is 2.02. The molecule has 140 valence electrons. The molecule has 0 saturated carbocycles. The van der Waals surface area contributed by atoms with Crippen LogP contribution in [0.3, 0.4) is 0 Å². The Hall–Kier alpha value is -3.18. The van der Waals surface area contributed by atoms with Crippen LogP contribution in [-0.4, -0.2) is 19.4 Å². The maximum Gasteiger partial charge on any atom is 0.573 e. The predicted molar refractivity (Wildman–Crippen MR) is 93.3 cm³/mol. The van der Waals surface area contributed by atoms with E-state index in [0.29, 0.717) is 17.0 Å². The molecule has 0 saturated heterocycles. The Morgan fingerprint density at radius 1 is 1.22 bits per heavy atom. The Kier molecular flexibility index (Phi) is 6.32. The largest absolute Gasteiger partial charge is 0.573 e. The molecule has 1 amide bonds. The van der Waals surface area contributed by atoms with E-state index in [1.54, 1.807) is 18.2 Å². The average Bonchev–Trinajstić information content (AvgIpc) is 2.60. The first-order valence-corrected chi connectivity index (χ1v) is 7.72. The monoisotopic (exact) mass is 396 g/mol. The number of benzene rings is 2. The maximum absolute atomic E-state index is 12.2. The third kappa shape index (κ3) is 5.94. The zero-order valence-corrected chi connectivity index (χ0v) is 14.6. The van der Waals surface area contributed by atoms with Gasteiger partial charge in [-0.15, -0.1) is 13.2 Å². The van der Waals surface area contributed by atoms with Crippen LogP contribution in [0.1, 0.15) is 5.56 Å². The van der Waals surface area contributed by atoms with Crippen LogP contribution in [0.15, 0.2) is 48.0 Å². The molecular weight excluding hydrogens is 385 g/mol. The van der Waals surface area contributed by atoms with Gasteiger partial charge in [0.1, 0.15) is 23.1 Å². The van der Waals surface area contributed by atoms with Crippen molar-refractivity contribution in [2.45, 2.75) is 6.36 Å². The number of carbonyl (C=O) groups is 1. The lowest BCUT2D eigenvalue weighted by molar-refractivity contribution is -0.274. The van der Waals surface area contributed by atoms with E-state index in [1.807, 2.05) is 0 Å². The summed E-state index contributed by atoms with van der Waals surface area (Å²) in [5.74, 6) is -0.684. The summed E-state index contributed by atoms with van der Waals surface area (Å²) in [4.78, 5) is 12.2. The Labute approximate surface area is 157 Å². The fraction of sp³-hybridized carbons (Fsp3) is 0.111. The fourth-order valence-corrected chi connectivity index (χ4v) is 2.28. The Balaban J connectivity index is 2.14. The summed E-state index contributed by atoms with van der Waals surface area (Å²) >= 11 is 5.97. The Morgan fingerprint density at radius 3 is 2.41 bits per heavy atom. The number of hydrogen-bond acceptors (Lipinski definition) is 4. The summed E-state index contributed by atoms with van der Waals surface area (Å²) in [6, 6.07) is 11.0. The number of nitrogens with zero attached hydrogens (tertiary/aromatic N) is 1. The first-order chi connectivity index (χ1) is 12.7. The second kappa shape index (κ2) is 8.47. The van der Waals surface area contributed by atoms with Crippen molar-refractivity contribution in [2.24, 2.45) is 0 Å². The highest BCUT2D eigenvalue weighted by Gasteiger charge is 2.30. The van der Waals surface area contributed by atoms with Crippen LogP contribution in [0.4, 0.5) is 18.9 Å². The molecule has 2 rings (SSSR count). The van der Waals surface area contributed by atoms with Gasteiger partial charge < -0.3 is 14.8 Å². The number of nitriles is 1. The maximum atomic E-state index is 12.2. The molecule has 0 fully saturated rings. The molecule has 0 aromatic heterocycles. The highest BCUT2D eigenvalue weighted by atomic mass is 35.5. The number of alkyl halides is 3. The number of methoxy groups -OCH3 is 1. The van der Waals surface area contributed by atoms with E-state index >= 15 is 0 Å². The van der Waals surface area contributed by atoms with Crippen LogP contribution < -0.4 is 14.8 Å². The molecule has 0 heterocycles. The predicted octanol–water partition coefficient (Wildman–Crippen LogP) is 4.79. The summed E-state index contributed by atoms with van der Waals surface area (Å²) < 4.78 is 45.2. The number of nitrogens with one attached hydrogen (secondary N) is 1. The van der Waals surface area contributed by atoms with Crippen molar-refractivity contribution >= 4 is 29.3 Å². The van der Waals surface area contributed by atoms with Gasteiger partial charge in [0.25, 0.3) is 5.91 Å². The molecule has 5 nitrogen and oxygen atoms in total. The number of ether oxygens (including phenoxy) is 2. The zero-order valence-electron chi connectivity index (χ0n) is 13.8. The van der Waals surface area contributed by atoms with Crippen molar-refractivity contribution in [2.75, 3.05) is 12.4 Å². The van der Waals surface area contributed by atoms with Gasteiger partial charge in [0.15, 0.2) is 0 Å². The molecular formula is C18H12ClF3N2O3. The van der Waals surface area contributed by atoms with Crippen molar-refractivity contribution in [3.63, 3.8) is 0 Å². The lowest BCUT2D eigenvalue weighted by Crippen LogP contribution is -2.17. The molecule has 0 bridgehead atoms. The molecule has 0 radical (unpaired) electrons. The average molecular weight is 397 g/mol. The Bertz CT molecular complexity index is 904. The third-order valence-electron chi connectivity index (χ3n) is 3.20. The van der Waals surface area contributed by atoms with Gasteiger partial charge in [0.2, 0.25) is 0 Å². The van der Waals surface area contributed by atoms with Crippen LogP contribution in [0.2, 0.25) is 5.02 Å². The van der Waals surface area contributed by atoms with Gasteiger partial charge >= 0.3 is 6.36 Å². The third-order valence-corrected chi connectivity index (χ3v) is 3.49. The number of halogens is 4. The smallest absolute Gasteiger partial charge is 0.495 e. The van der Waals surface area contributed by atoms with Crippen molar-refractivity contribution in [3.8, 4) is 17.6 Å². The standard InChI is InChI=1S/C18H12ClF3N2O3/c1-26-16-7-4-13(9-15(16)19)24-17(25)12(10-23)8-11-2-5-14(6-3-11)27-18(20,21)22/h2-9H,1H3,(H,24,25)/b12-8+. The molecule has 2 aromatic carbocycles. The van der Waals surface area contributed by atoms with E-state index in [9.17, 15) is 23.2 Å². The quantitative estimate of drug-likeness (QED) is 0.582. The van der Waals surface area contributed by atoms with Crippen molar-refractivity contribution in [1.29, 1.82) is 5.26 Å². The van der Waals surface area contributed by atoms with E-state index in [1.165, 1.54) is 31.4 Å². The van der Waals surface area contributed by atoms with Crippen molar-refractivity contribution in [1.82, 2.24) is 0 Å². The van der Waals surface area contributed by atoms with E-state index in [0.717, 1.165) is 12.1 Å². The topological polar surface area (TPSA) is 71.3 Å². The Morgan fingerprint density at radius 2 is 1.89 bits per heavy atom. The molecule has 0 aliphatic heterocycles. The second-order valence-electron chi connectivity index (χ2n) is 5.09. The van der Waals surface area contributed by atoms with Gasteiger partial charge in [-0.2, -0.15) is 5.26 Å². The van der Waals surface area contributed by atoms with Crippen LogP contribution in [0.5, 0.6) is 11.5 Å². The first-order valence-electron chi connectivity index (χ1n) is 7.34. The van der Waals surface area contributed by atoms with E-state index in [4.69, 9.17) is 16.3 Å². The minimum absolute atomic E-state index is 0.244. The minimum atomic E-state index is -4.80. The van der Waals surface area contributed by atoms with Gasteiger partial charge in [-0.25, -0.2) is 0 Å². The molecule has 0 spiro atoms. The second-order valence-corrected chi connectivity index (χ2v) is 5.50. The molecule has 1 N–H and O–H groups in total. The van der Waals surface area contributed by atoms with Crippen LogP contribution in [0, 0.1) is 11.3 Å². The van der Waals surface area contributed by atoms with Gasteiger partial charge in [-0.3, -0.25) is 4.79 Å². The van der Waals surface area contributed by atoms with Crippen LogP contribution >= 0.6 is 11.6 Å². The SMILES string of the molecule is COc1ccc(NC(=O)/C(C#N)=C/c2ccc(OC(F)(F)F)cc2)cc1Cl. The number of anilines is 1. The van der Waals surface area contributed by atoms with Gasteiger partial charge in [-0.05, 0) is 42.0 Å². The van der Waals surface area contributed by atoms with Crippen molar-refractivity contribution < 1.29 is 27.4 Å². The molecule has 0 aliphatic rings. The zero-order chi connectivity index (χ0) is 20.0. The molecule has 0 atom stereocenters. The highest BCUT2D eigenvalue weighted by molar-refractivity contribution is 6.32. The summed E-state index contributed by atoms with van der Waals surface area (Å²) in [6.07, 6.45) is -3.56. The lowest BCUT2D eigenvalue weighted by Gasteiger charge is -2.09. The molecule has 9 heteroatoms. The van der Waals surface area contributed by atoms with Crippen LogP contribution in [-0.2, 0) is 4.79 Å². The van der Waals surface area contributed by atoms with E-state index in [-0.39, 0.29) is 10.6 Å². The minimum Gasteiger partial charge on any atom is -0.495 e. The van der Waals surface area contributed by atoms with Gasteiger partial charge in [0.05, 0.1) is 12.1 Å².